The van der Waals surface area contributed by atoms with Crippen molar-refractivity contribution in [3.63, 3.8) is 0 Å². The lowest BCUT2D eigenvalue weighted by Crippen LogP contribution is -2.52. The average Bonchev–Trinajstić information content (AvgIpc) is 3.09. The van der Waals surface area contributed by atoms with Crippen LogP contribution in [0.3, 0.4) is 0 Å². The van der Waals surface area contributed by atoms with Crippen LogP contribution in [-0.4, -0.2) is 22.5 Å². The monoisotopic (exact) mass is 367 g/mol. The molecule has 1 saturated carbocycles. The first-order chi connectivity index (χ1) is 12.6. The molecule has 1 rings (SSSR count). The molecule has 0 radical (unpaired) electrons. The SMILES string of the molecule is CCCCCCCCCCCCCCCC(=O)NC1(C(=O)O)CCCC1. The minimum atomic E-state index is -0.979. The topological polar surface area (TPSA) is 66.4 Å². The third kappa shape index (κ3) is 9.59. The van der Waals surface area contributed by atoms with E-state index in [1.807, 2.05) is 0 Å². The molecule has 1 amide bonds. The molecule has 0 bridgehead atoms. The summed E-state index contributed by atoms with van der Waals surface area (Å²) in [5, 5.41) is 12.2. The molecule has 0 spiro atoms. The van der Waals surface area contributed by atoms with E-state index in [0.29, 0.717) is 19.3 Å². The van der Waals surface area contributed by atoms with E-state index in [9.17, 15) is 14.7 Å². The first-order valence-corrected chi connectivity index (χ1v) is 11.1. The van der Waals surface area contributed by atoms with Gasteiger partial charge in [0.25, 0.3) is 0 Å². The van der Waals surface area contributed by atoms with Gasteiger partial charge in [0.1, 0.15) is 5.54 Å². The van der Waals surface area contributed by atoms with Crippen molar-refractivity contribution in [2.75, 3.05) is 0 Å². The number of carboxylic acid groups (broad SMARTS) is 1. The predicted octanol–water partition coefficient (Wildman–Crippen LogP) is 5.98. The summed E-state index contributed by atoms with van der Waals surface area (Å²) in [6, 6.07) is 0. The Kier molecular flexibility index (Phi) is 12.4. The lowest BCUT2D eigenvalue weighted by Gasteiger charge is -2.25. The Morgan fingerprint density at radius 1 is 0.769 bits per heavy atom. The Hall–Kier alpha value is -1.06. The number of carboxylic acids is 1. The van der Waals surface area contributed by atoms with E-state index in [0.717, 1.165) is 25.7 Å². The van der Waals surface area contributed by atoms with E-state index in [1.54, 1.807) is 0 Å². The lowest BCUT2D eigenvalue weighted by atomic mass is 9.97. The molecule has 0 heterocycles. The summed E-state index contributed by atoms with van der Waals surface area (Å²) in [6.07, 6.45) is 20.1. The zero-order valence-corrected chi connectivity index (χ0v) is 17.0. The fourth-order valence-corrected chi connectivity index (χ4v) is 4.00. The summed E-state index contributed by atoms with van der Waals surface area (Å²) in [4.78, 5) is 23.5. The fraction of sp³-hybridized carbons (Fsp3) is 0.909. The summed E-state index contributed by atoms with van der Waals surface area (Å²) in [5.41, 5.74) is -0.979. The first-order valence-electron chi connectivity index (χ1n) is 11.1. The Labute approximate surface area is 160 Å². The van der Waals surface area contributed by atoms with E-state index in [1.165, 1.54) is 70.6 Å². The average molecular weight is 368 g/mol. The second kappa shape index (κ2) is 14.1. The van der Waals surface area contributed by atoms with Gasteiger partial charge in [0, 0.05) is 6.42 Å². The molecule has 0 saturated heterocycles. The Bertz CT molecular complexity index is 389. The van der Waals surface area contributed by atoms with Crippen LogP contribution in [-0.2, 0) is 9.59 Å². The number of hydrogen-bond acceptors (Lipinski definition) is 2. The second-order valence-electron chi connectivity index (χ2n) is 8.14. The molecule has 2 N–H and O–H groups in total. The molecule has 1 aliphatic rings. The van der Waals surface area contributed by atoms with Crippen molar-refractivity contribution in [3.8, 4) is 0 Å². The highest BCUT2D eigenvalue weighted by atomic mass is 16.4. The van der Waals surface area contributed by atoms with Crippen LogP contribution < -0.4 is 5.32 Å². The van der Waals surface area contributed by atoms with Gasteiger partial charge in [0.2, 0.25) is 5.91 Å². The van der Waals surface area contributed by atoms with Crippen LogP contribution in [0.5, 0.6) is 0 Å². The number of carbonyl (C=O) groups is 2. The smallest absolute Gasteiger partial charge is 0.329 e. The maximum Gasteiger partial charge on any atom is 0.329 e. The van der Waals surface area contributed by atoms with Crippen molar-refractivity contribution >= 4 is 11.9 Å². The third-order valence-electron chi connectivity index (χ3n) is 5.75. The summed E-state index contributed by atoms with van der Waals surface area (Å²) < 4.78 is 0. The van der Waals surface area contributed by atoms with Crippen molar-refractivity contribution in [1.82, 2.24) is 5.32 Å². The van der Waals surface area contributed by atoms with Crippen LogP contribution in [0.15, 0.2) is 0 Å². The molecule has 1 aliphatic carbocycles. The van der Waals surface area contributed by atoms with Crippen molar-refractivity contribution in [1.29, 1.82) is 0 Å². The van der Waals surface area contributed by atoms with Crippen molar-refractivity contribution in [2.24, 2.45) is 0 Å². The van der Waals surface area contributed by atoms with Crippen LogP contribution in [0.25, 0.3) is 0 Å². The molecule has 1 fully saturated rings. The summed E-state index contributed by atoms with van der Waals surface area (Å²) >= 11 is 0. The van der Waals surface area contributed by atoms with E-state index in [-0.39, 0.29) is 5.91 Å². The molecule has 0 aromatic heterocycles. The molecule has 0 unspecified atom stereocenters. The summed E-state index contributed by atoms with van der Waals surface area (Å²) in [5.74, 6) is -0.953. The highest BCUT2D eigenvalue weighted by Crippen LogP contribution is 2.30. The van der Waals surface area contributed by atoms with E-state index >= 15 is 0 Å². The number of unbranched alkanes of at least 4 members (excludes halogenated alkanes) is 12. The zero-order valence-electron chi connectivity index (χ0n) is 17.0. The molecular formula is C22H41NO3. The third-order valence-corrected chi connectivity index (χ3v) is 5.75. The number of carbonyl (C=O) groups excluding carboxylic acids is 1. The van der Waals surface area contributed by atoms with Crippen LogP contribution in [0, 0.1) is 0 Å². The molecule has 26 heavy (non-hydrogen) atoms. The van der Waals surface area contributed by atoms with Gasteiger partial charge in [0.05, 0.1) is 0 Å². The number of nitrogens with one attached hydrogen (secondary N) is 1. The normalized spacial score (nSPS) is 15.9. The van der Waals surface area contributed by atoms with Gasteiger partial charge in [-0.1, -0.05) is 96.8 Å². The van der Waals surface area contributed by atoms with Crippen LogP contribution >= 0.6 is 0 Å². The summed E-state index contributed by atoms with van der Waals surface area (Å²) in [6.45, 7) is 2.26. The molecule has 0 aromatic rings. The number of hydrogen-bond donors (Lipinski definition) is 2. The molecule has 152 valence electrons. The maximum absolute atomic E-state index is 12.0. The van der Waals surface area contributed by atoms with Gasteiger partial charge in [0.15, 0.2) is 0 Å². The number of aliphatic carboxylic acids is 1. The highest BCUT2D eigenvalue weighted by molar-refractivity contribution is 5.87. The molecule has 4 heteroatoms. The van der Waals surface area contributed by atoms with Gasteiger partial charge < -0.3 is 10.4 Å². The van der Waals surface area contributed by atoms with Gasteiger partial charge in [-0.3, -0.25) is 4.79 Å². The van der Waals surface area contributed by atoms with Crippen molar-refractivity contribution in [2.45, 2.75) is 128 Å². The largest absolute Gasteiger partial charge is 0.480 e. The maximum atomic E-state index is 12.0. The number of amides is 1. The molecule has 4 nitrogen and oxygen atoms in total. The van der Waals surface area contributed by atoms with Gasteiger partial charge in [-0.15, -0.1) is 0 Å². The van der Waals surface area contributed by atoms with Gasteiger partial charge >= 0.3 is 5.97 Å². The fourth-order valence-electron chi connectivity index (χ4n) is 4.00. The van der Waals surface area contributed by atoms with Crippen molar-refractivity contribution < 1.29 is 14.7 Å². The minimum Gasteiger partial charge on any atom is -0.480 e. The zero-order chi connectivity index (χ0) is 19.1. The van der Waals surface area contributed by atoms with Crippen molar-refractivity contribution in [3.05, 3.63) is 0 Å². The van der Waals surface area contributed by atoms with Gasteiger partial charge in [-0.25, -0.2) is 4.79 Å². The number of rotatable bonds is 16. The molecule has 0 aliphatic heterocycles. The Balaban J connectivity index is 1.91. The highest BCUT2D eigenvalue weighted by Gasteiger charge is 2.42. The van der Waals surface area contributed by atoms with Crippen LogP contribution in [0.4, 0.5) is 0 Å². The van der Waals surface area contributed by atoms with E-state index in [4.69, 9.17) is 0 Å². The van der Waals surface area contributed by atoms with E-state index < -0.39 is 11.5 Å². The quantitative estimate of drug-likeness (QED) is 0.330. The van der Waals surface area contributed by atoms with Gasteiger partial charge in [-0.2, -0.15) is 0 Å². The Morgan fingerprint density at radius 3 is 1.62 bits per heavy atom. The van der Waals surface area contributed by atoms with E-state index in [2.05, 4.69) is 12.2 Å². The molecule has 0 aromatic carbocycles. The van der Waals surface area contributed by atoms with Gasteiger partial charge in [-0.05, 0) is 19.3 Å². The first kappa shape index (κ1) is 23.0. The second-order valence-corrected chi connectivity index (χ2v) is 8.14. The standard InChI is InChI=1S/C22H41NO3/c1-2-3-4-5-6-7-8-9-10-11-12-13-14-17-20(24)23-22(21(25)26)18-15-16-19-22/h2-19H2,1H3,(H,23,24)(H,25,26). The molecule has 0 atom stereocenters. The minimum absolute atomic E-state index is 0.0858. The molecular weight excluding hydrogens is 326 g/mol. The van der Waals surface area contributed by atoms with Crippen LogP contribution in [0.1, 0.15) is 122 Å². The predicted molar refractivity (Wildman–Crippen MR) is 107 cm³/mol. The Morgan fingerprint density at radius 2 is 1.19 bits per heavy atom. The lowest BCUT2D eigenvalue weighted by molar-refractivity contribution is -0.147. The summed E-state index contributed by atoms with van der Waals surface area (Å²) in [7, 11) is 0. The van der Waals surface area contributed by atoms with Crippen LogP contribution in [0.2, 0.25) is 0 Å².